The van der Waals surface area contributed by atoms with E-state index >= 15 is 0 Å². The van der Waals surface area contributed by atoms with Gasteiger partial charge >= 0.3 is 0 Å². The summed E-state index contributed by atoms with van der Waals surface area (Å²) >= 11 is 0. The van der Waals surface area contributed by atoms with E-state index in [2.05, 4.69) is 27.7 Å². The Morgan fingerprint density at radius 1 is 1.20 bits per heavy atom. The molecule has 0 amide bonds. The van der Waals surface area contributed by atoms with Crippen LogP contribution >= 0.6 is 0 Å². The Hall–Kier alpha value is -0.160. The molecule has 0 aliphatic carbocycles. The van der Waals surface area contributed by atoms with Crippen LogP contribution in [-0.4, -0.2) is 42.7 Å². The lowest BCUT2D eigenvalue weighted by Gasteiger charge is -2.46. The highest BCUT2D eigenvalue weighted by atomic mass is 16.5. The summed E-state index contributed by atoms with van der Waals surface area (Å²) in [6, 6.07) is -0.0110. The van der Waals surface area contributed by atoms with Gasteiger partial charge in [-0.25, -0.2) is 0 Å². The molecule has 2 N–H and O–H groups in total. The second-order valence-corrected chi connectivity index (χ2v) is 7.41. The van der Waals surface area contributed by atoms with Crippen LogP contribution in [0, 0.1) is 5.92 Å². The van der Waals surface area contributed by atoms with Crippen molar-refractivity contribution in [3.05, 3.63) is 0 Å². The minimum atomic E-state index is -0.251. The third kappa shape index (κ3) is 3.03. The molecule has 0 saturated carbocycles. The highest BCUT2D eigenvalue weighted by Gasteiger charge is 2.54. The molecule has 0 radical (unpaired) electrons. The molecule has 2 rings (SSSR count). The molecular weight excluding hydrogens is 254 g/mol. The number of hydrogen-bond donors (Lipinski definition) is 1. The van der Waals surface area contributed by atoms with Crippen LogP contribution in [-0.2, 0) is 14.2 Å². The van der Waals surface area contributed by atoms with Gasteiger partial charge in [-0.3, -0.25) is 0 Å². The van der Waals surface area contributed by atoms with Crippen LogP contribution in [0.25, 0.3) is 0 Å². The van der Waals surface area contributed by atoms with Crippen molar-refractivity contribution in [1.82, 2.24) is 0 Å². The van der Waals surface area contributed by atoms with Crippen LogP contribution < -0.4 is 5.73 Å². The lowest BCUT2D eigenvalue weighted by atomic mass is 9.72. The van der Waals surface area contributed by atoms with Gasteiger partial charge in [-0.2, -0.15) is 0 Å². The molecule has 118 valence electrons. The van der Waals surface area contributed by atoms with Gasteiger partial charge in [-0.05, 0) is 41.0 Å². The third-order valence-electron chi connectivity index (χ3n) is 4.96. The number of ether oxygens (including phenoxy) is 3. The summed E-state index contributed by atoms with van der Waals surface area (Å²) in [4.78, 5) is 0. The summed E-state index contributed by atoms with van der Waals surface area (Å²) in [6.45, 7) is 12.8. The summed E-state index contributed by atoms with van der Waals surface area (Å²) < 4.78 is 17.9. The monoisotopic (exact) mass is 285 g/mol. The second-order valence-electron chi connectivity index (χ2n) is 7.41. The molecule has 2 heterocycles. The summed E-state index contributed by atoms with van der Waals surface area (Å²) in [5.41, 5.74) is 6.15. The fourth-order valence-electron chi connectivity index (χ4n) is 4.11. The SMILES string of the molecule is CCOC1(C(N)C2CC(C)(C)OC2(C)C)CCOCC1. The van der Waals surface area contributed by atoms with E-state index in [1.54, 1.807) is 0 Å². The van der Waals surface area contributed by atoms with Crippen LogP contribution in [0.3, 0.4) is 0 Å². The fourth-order valence-corrected chi connectivity index (χ4v) is 4.11. The predicted octanol–water partition coefficient (Wildman–Crippen LogP) is 2.49. The van der Waals surface area contributed by atoms with E-state index in [9.17, 15) is 0 Å². The maximum absolute atomic E-state index is 6.71. The first-order valence-electron chi connectivity index (χ1n) is 7.90. The molecule has 20 heavy (non-hydrogen) atoms. The average Bonchev–Trinajstić information content (AvgIpc) is 2.58. The third-order valence-corrected chi connectivity index (χ3v) is 4.96. The Labute approximate surface area is 123 Å². The van der Waals surface area contributed by atoms with Gasteiger partial charge in [0, 0.05) is 44.6 Å². The maximum Gasteiger partial charge on any atom is 0.0880 e. The number of hydrogen-bond acceptors (Lipinski definition) is 4. The van der Waals surface area contributed by atoms with Crippen molar-refractivity contribution >= 4 is 0 Å². The largest absolute Gasteiger partial charge is 0.381 e. The van der Waals surface area contributed by atoms with E-state index in [4.69, 9.17) is 19.9 Å². The molecule has 0 aromatic carbocycles. The van der Waals surface area contributed by atoms with Gasteiger partial charge in [-0.1, -0.05) is 0 Å². The fraction of sp³-hybridized carbons (Fsp3) is 1.00. The van der Waals surface area contributed by atoms with Crippen molar-refractivity contribution in [3.8, 4) is 0 Å². The van der Waals surface area contributed by atoms with E-state index in [1.165, 1.54) is 0 Å². The van der Waals surface area contributed by atoms with E-state index in [1.807, 2.05) is 6.92 Å². The number of nitrogens with two attached hydrogens (primary N) is 1. The molecule has 2 atom stereocenters. The minimum Gasteiger partial charge on any atom is -0.381 e. The van der Waals surface area contributed by atoms with Crippen molar-refractivity contribution in [2.24, 2.45) is 11.7 Å². The van der Waals surface area contributed by atoms with Gasteiger partial charge in [0.2, 0.25) is 0 Å². The average molecular weight is 285 g/mol. The Morgan fingerprint density at radius 2 is 1.80 bits per heavy atom. The lowest BCUT2D eigenvalue weighted by Crippen LogP contribution is -2.59. The molecule has 4 nitrogen and oxygen atoms in total. The van der Waals surface area contributed by atoms with Gasteiger partial charge in [-0.15, -0.1) is 0 Å². The molecule has 4 heteroatoms. The van der Waals surface area contributed by atoms with Crippen molar-refractivity contribution < 1.29 is 14.2 Å². The first-order valence-corrected chi connectivity index (χ1v) is 7.90. The first kappa shape index (κ1) is 16.2. The minimum absolute atomic E-state index is 0.0110. The number of rotatable bonds is 4. The van der Waals surface area contributed by atoms with Gasteiger partial charge < -0.3 is 19.9 Å². The van der Waals surface area contributed by atoms with E-state index in [0.29, 0.717) is 12.5 Å². The summed E-state index contributed by atoms with van der Waals surface area (Å²) in [5, 5.41) is 0. The van der Waals surface area contributed by atoms with Crippen LogP contribution in [0.5, 0.6) is 0 Å². The first-order chi connectivity index (χ1) is 9.22. The Morgan fingerprint density at radius 3 is 2.25 bits per heavy atom. The van der Waals surface area contributed by atoms with E-state index in [-0.39, 0.29) is 22.8 Å². The van der Waals surface area contributed by atoms with Crippen LogP contribution in [0.4, 0.5) is 0 Å². The van der Waals surface area contributed by atoms with Crippen molar-refractivity contribution in [2.75, 3.05) is 19.8 Å². The zero-order valence-electron chi connectivity index (χ0n) is 13.7. The maximum atomic E-state index is 6.71. The van der Waals surface area contributed by atoms with Crippen molar-refractivity contribution in [1.29, 1.82) is 0 Å². The zero-order chi connectivity index (χ0) is 15.0. The summed E-state index contributed by atoms with van der Waals surface area (Å²) in [6.07, 6.45) is 2.75. The van der Waals surface area contributed by atoms with Gasteiger partial charge in [0.1, 0.15) is 0 Å². The van der Waals surface area contributed by atoms with Crippen LogP contribution in [0.2, 0.25) is 0 Å². The molecule has 0 aromatic rings. The normalized spacial score (nSPS) is 33.0. The molecule has 2 fully saturated rings. The molecule has 0 aromatic heterocycles. The highest BCUT2D eigenvalue weighted by Crippen LogP contribution is 2.47. The summed E-state index contributed by atoms with van der Waals surface area (Å²) in [7, 11) is 0. The highest BCUT2D eigenvalue weighted by molar-refractivity contribution is 5.06. The van der Waals surface area contributed by atoms with Gasteiger partial charge in [0.15, 0.2) is 0 Å². The molecule has 2 saturated heterocycles. The van der Waals surface area contributed by atoms with E-state index < -0.39 is 0 Å². The topological polar surface area (TPSA) is 53.7 Å². The molecule has 2 aliphatic rings. The van der Waals surface area contributed by atoms with Gasteiger partial charge in [0.05, 0.1) is 16.8 Å². The Balaban J connectivity index is 2.21. The van der Waals surface area contributed by atoms with Crippen molar-refractivity contribution in [2.45, 2.75) is 76.7 Å². The predicted molar refractivity (Wildman–Crippen MR) is 79.7 cm³/mol. The lowest BCUT2D eigenvalue weighted by molar-refractivity contribution is -0.142. The second kappa shape index (κ2) is 5.56. The summed E-state index contributed by atoms with van der Waals surface area (Å²) in [5.74, 6) is 0.308. The smallest absolute Gasteiger partial charge is 0.0880 e. The quantitative estimate of drug-likeness (QED) is 0.862. The molecular formula is C16H31NO3. The van der Waals surface area contributed by atoms with Gasteiger partial charge in [0.25, 0.3) is 0 Å². The zero-order valence-corrected chi connectivity index (χ0v) is 13.7. The standard InChI is InChI=1S/C16H31NO3/c1-6-19-16(7-9-18-10-8-16)13(17)12-11-14(2,3)20-15(12,4)5/h12-13H,6-11,17H2,1-5H3. The molecule has 2 aliphatic heterocycles. The molecule has 0 bridgehead atoms. The van der Waals surface area contributed by atoms with E-state index in [0.717, 1.165) is 32.5 Å². The Bertz CT molecular complexity index is 329. The van der Waals surface area contributed by atoms with Crippen LogP contribution in [0.1, 0.15) is 53.9 Å². The molecule has 0 spiro atoms. The Kier molecular flexibility index (Phi) is 4.51. The van der Waals surface area contributed by atoms with Crippen molar-refractivity contribution in [3.63, 3.8) is 0 Å². The van der Waals surface area contributed by atoms with Crippen LogP contribution in [0.15, 0.2) is 0 Å². The molecule has 2 unspecified atom stereocenters.